The maximum atomic E-state index is 13.8. The number of amidine groups is 1. The third-order valence-corrected chi connectivity index (χ3v) is 10.5. The van der Waals surface area contributed by atoms with E-state index in [1.54, 1.807) is 0 Å². The summed E-state index contributed by atoms with van der Waals surface area (Å²) in [4.78, 5) is 30.6. The van der Waals surface area contributed by atoms with Crippen LogP contribution < -0.4 is 22.1 Å². The number of hydrogen-bond acceptors (Lipinski definition) is 6. The Balaban J connectivity index is 1.25. The molecule has 3 saturated heterocycles. The van der Waals surface area contributed by atoms with E-state index in [0.29, 0.717) is 35.9 Å². The van der Waals surface area contributed by atoms with Crippen LogP contribution in [-0.4, -0.2) is 71.0 Å². The van der Waals surface area contributed by atoms with Crippen molar-refractivity contribution in [2.24, 2.45) is 35.1 Å². The molecule has 5 aliphatic rings. The van der Waals surface area contributed by atoms with E-state index < -0.39 is 0 Å². The van der Waals surface area contributed by atoms with Crippen molar-refractivity contribution in [3.8, 4) is 0 Å². The number of nitrogens with zero attached hydrogens (tertiary/aromatic N) is 2. The van der Waals surface area contributed by atoms with Crippen molar-refractivity contribution < 1.29 is 9.59 Å². The maximum absolute atomic E-state index is 13.8. The number of likely N-dealkylation sites (tertiary alicyclic amines) is 2. The predicted octanol–water partition coefficient (Wildman–Crippen LogP) is 2.10. The fraction of sp³-hybridized carbons (Fsp3) is 0.893. The van der Waals surface area contributed by atoms with E-state index in [9.17, 15) is 9.59 Å². The largest absolute Gasteiger partial charge is 0.387 e. The van der Waals surface area contributed by atoms with Gasteiger partial charge in [-0.2, -0.15) is 0 Å². The summed E-state index contributed by atoms with van der Waals surface area (Å²) in [5.74, 6) is 1.38. The van der Waals surface area contributed by atoms with E-state index >= 15 is 0 Å². The highest BCUT2D eigenvalue weighted by molar-refractivity contribution is 5.83. The number of amides is 2. The normalized spacial score (nSPS) is 41.3. The van der Waals surface area contributed by atoms with Gasteiger partial charge in [-0.1, -0.05) is 0 Å². The second kappa shape index (κ2) is 11.6. The molecule has 9 nitrogen and oxygen atoms in total. The maximum Gasteiger partial charge on any atom is 0.238 e. The van der Waals surface area contributed by atoms with Crippen LogP contribution in [0.3, 0.4) is 0 Å². The molecule has 0 aromatic carbocycles. The predicted molar refractivity (Wildman–Crippen MR) is 144 cm³/mol. The van der Waals surface area contributed by atoms with Gasteiger partial charge in [-0.15, -0.1) is 0 Å². The van der Waals surface area contributed by atoms with Gasteiger partial charge in [0.15, 0.2) is 0 Å². The van der Waals surface area contributed by atoms with Gasteiger partial charge in [0.25, 0.3) is 0 Å². The first-order valence-corrected chi connectivity index (χ1v) is 15.0. The molecule has 0 bridgehead atoms. The van der Waals surface area contributed by atoms with Crippen molar-refractivity contribution in [2.45, 2.75) is 121 Å². The van der Waals surface area contributed by atoms with Crippen LogP contribution in [0.25, 0.3) is 0 Å². The van der Waals surface area contributed by atoms with Crippen molar-refractivity contribution in [3.63, 3.8) is 0 Å². The number of primary amides is 1. The third kappa shape index (κ3) is 5.98. The van der Waals surface area contributed by atoms with Crippen molar-refractivity contribution in [2.75, 3.05) is 13.1 Å². The molecule has 208 valence electrons. The minimum Gasteiger partial charge on any atom is -0.387 e. The summed E-state index contributed by atoms with van der Waals surface area (Å²) in [6.45, 7) is 4.36. The molecule has 2 saturated carbocycles. The fourth-order valence-electron chi connectivity index (χ4n) is 8.25. The number of piperidine rings is 1. The van der Waals surface area contributed by atoms with E-state index in [1.165, 1.54) is 12.8 Å². The SMILES string of the molecule is CC1CCCN1C1CCCC(NC(=O)C2CC3CCC(C(=N)N)CC3N2CC2CCC(C(N)=O)CC2)N1. The first kappa shape index (κ1) is 26.9. The lowest BCUT2D eigenvalue weighted by Crippen LogP contribution is -2.60. The summed E-state index contributed by atoms with van der Waals surface area (Å²) < 4.78 is 0. The van der Waals surface area contributed by atoms with Gasteiger partial charge in [0.1, 0.15) is 0 Å². The molecular weight excluding hydrogens is 466 g/mol. The number of nitrogens with one attached hydrogen (secondary N) is 3. The van der Waals surface area contributed by atoms with Gasteiger partial charge in [0.2, 0.25) is 11.8 Å². The molecule has 2 amide bonds. The number of hydrogen-bond donors (Lipinski definition) is 5. The quantitative estimate of drug-likeness (QED) is 0.260. The molecule has 37 heavy (non-hydrogen) atoms. The van der Waals surface area contributed by atoms with E-state index in [4.69, 9.17) is 16.9 Å². The number of fused-ring (bicyclic) bond motifs is 1. The van der Waals surface area contributed by atoms with Crippen molar-refractivity contribution in [3.05, 3.63) is 0 Å². The highest BCUT2D eigenvalue weighted by atomic mass is 16.2. The van der Waals surface area contributed by atoms with Gasteiger partial charge in [-0.25, -0.2) is 0 Å². The Morgan fingerprint density at radius 3 is 2.38 bits per heavy atom. The molecule has 0 aromatic heterocycles. The molecule has 7 N–H and O–H groups in total. The van der Waals surface area contributed by atoms with Crippen LogP contribution in [0.4, 0.5) is 0 Å². The summed E-state index contributed by atoms with van der Waals surface area (Å²) in [5, 5.41) is 15.2. The topological polar surface area (TPSA) is 141 Å². The second-order valence-electron chi connectivity index (χ2n) is 12.8. The van der Waals surface area contributed by atoms with Gasteiger partial charge in [-0.3, -0.25) is 30.1 Å². The zero-order valence-corrected chi connectivity index (χ0v) is 22.7. The average molecular weight is 516 g/mol. The highest BCUT2D eigenvalue weighted by Gasteiger charge is 2.48. The Morgan fingerprint density at radius 1 is 0.946 bits per heavy atom. The first-order chi connectivity index (χ1) is 17.8. The van der Waals surface area contributed by atoms with E-state index in [2.05, 4.69) is 27.4 Å². The standard InChI is InChI=1S/C28H49N7O2/c1-17-4-3-13-34(17)25-6-2-5-24(32-25)33-28(37)23-14-20-11-12-21(26(29)30)15-22(20)35(23)16-18-7-9-19(10-8-18)27(31)36/h17-25,32H,2-16H2,1H3,(H3,29,30)(H2,31,36)(H,33,37). The molecule has 5 rings (SSSR count). The summed E-state index contributed by atoms with van der Waals surface area (Å²) in [6, 6.07) is 0.798. The minimum atomic E-state index is -0.171. The summed E-state index contributed by atoms with van der Waals surface area (Å²) >= 11 is 0. The summed E-state index contributed by atoms with van der Waals surface area (Å²) in [7, 11) is 0. The highest BCUT2D eigenvalue weighted by Crippen LogP contribution is 2.43. The number of rotatable bonds is 7. The summed E-state index contributed by atoms with van der Waals surface area (Å²) in [5.41, 5.74) is 11.5. The van der Waals surface area contributed by atoms with Crippen LogP contribution in [-0.2, 0) is 9.59 Å². The monoisotopic (exact) mass is 515 g/mol. The van der Waals surface area contributed by atoms with Gasteiger partial charge in [-0.05, 0) is 109 Å². The molecule has 9 heteroatoms. The van der Waals surface area contributed by atoms with Crippen LogP contribution in [0.15, 0.2) is 0 Å². The zero-order valence-electron chi connectivity index (χ0n) is 22.7. The van der Waals surface area contributed by atoms with Crippen molar-refractivity contribution in [1.82, 2.24) is 20.4 Å². The van der Waals surface area contributed by atoms with E-state index in [0.717, 1.165) is 83.7 Å². The van der Waals surface area contributed by atoms with Crippen LogP contribution in [0.2, 0.25) is 0 Å². The lowest BCUT2D eigenvalue weighted by Gasteiger charge is -2.41. The van der Waals surface area contributed by atoms with Crippen molar-refractivity contribution in [1.29, 1.82) is 5.41 Å². The van der Waals surface area contributed by atoms with Gasteiger partial charge in [0.05, 0.1) is 24.2 Å². The van der Waals surface area contributed by atoms with Crippen LogP contribution in [0.1, 0.15) is 90.4 Å². The smallest absolute Gasteiger partial charge is 0.238 e. The fourth-order valence-corrected chi connectivity index (χ4v) is 8.25. The van der Waals surface area contributed by atoms with Gasteiger partial charge < -0.3 is 16.8 Å². The number of carbonyl (C=O) groups excluding carboxylic acids is 2. The summed E-state index contributed by atoms with van der Waals surface area (Å²) in [6.07, 6.45) is 13.7. The Kier molecular flexibility index (Phi) is 8.41. The average Bonchev–Trinajstić information content (AvgIpc) is 3.47. The zero-order chi connectivity index (χ0) is 26.1. The van der Waals surface area contributed by atoms with Crippen LogP contribution in [0.5, 0.6) is 0 Å². The van der Waals surface area contributed by atoms with E-state index in [1.807, 2.05) is 0 Å². The van der Waals surface area contributed by atoms with Crippen molar-refractivity contribution >= 4 is 17.6 Å². The number of nitrogens with two attached hydrogens (primary N) is 2. The first-order valence-electron chi connectivity index (χ1n) is 15.0. The Labute approximate surface area is 222 Å². The van der Waals surface area contributed by atoms with Crippen LogP contribution >= 0.6 is 0 Å². The molecule has 0 radical (unpaired) electrons. The lowest BCUT2D eigenvalue weighted by atomic mass is 9.77. The Bertz CT molecular complexity index is 844. The molecule has 5 fully saturated rings. The molecule has 7 unspecified atom stereocenters. The molecule has 3 aliphatic heterocycles. The molecule has 7 atom stereocenters. The number of carbonyl (C=O) groups is 2. The van der Waals surface area contributed by atoms with E-state index in [-0.39, 0.29) is 35.9 Å². The third-order valence-electron chi connectivity index (χ3n) is 10.5. The molecule has 0 aromatic rings. The van der Waals surface area contributed by atoms with Crippen LogP contribution in [0, 0.1) is 29.1 Å². The second-order valence-corrected chi connectivity index (χ2v) is 12.8. The van der Waals surface area contributed by atoms with Gasteiger partial charge in [0, 0.05) is 30.5 Å². The molecule has 3 heterocycles. The molecular formula is C28H49N7O2. The molecule has 2 aliphatic carbocycles. The van der Waals surface area contributed by atoms with Gasteiger partial charge >= 0.3 is 0 Å². The Hall–Kier alpha value is -1.71. The Morgan fingerprint density at radius 2 is 1.70 bits per heavy atom. The lowest BCUT2D eigenvalue weighted by molar-refractivity contribution is -0.127. The molecule has 0 spiro atoms. The minimum absolute atomic E-state index is 0.00194.